The van der Waals surface area contributed by atoms with Gasteiger partial charge in [0.25, 0.3) is 0 Å². The Labute approximate surface area is 129 Å². The van der Waals surface area contributed by atoms with Gasteiger partial charge in [-0.15, -0.1) is 0 Å². The number of H-pyrrole nitrogens is 1. The minimum absolute atomic E-state index is 0.302. The number of rotatable bonds is 1. The molecule has 0 radical (unpaired) electrons. The number of hydrogen-bond acceptors (Lipinski definition) is 2. The van der Waals surface area contributed by atoms with Crippen molar-refractivity contribution in [3.8, 4) is 22.5 Å². The second kappa shape index (κ2) is 4.67. The van der Waals surface area contributed by atoms with Gasteiger partial charge in [-0.05, 0) is 17.7 Å². The summed E-state index contributed by atoms with van der Waals surface area (Å²) in [4.78, 5) is 19.0. The van der Waals surface area contributed by atoms with Crippen molar-refractivity contribution in [1.29, 1.82) is 0 Å². The van der Waals surface area contributed by atoms with E-state index >= 15 is 0 Å². The maximum absolute atomic E-state index is 11.9. The van der Waals surface area contributed by atoms with Crippen molar-refractivity contribution in [2.75, 3.05) is 0 Å². The number of aromatic amines is 1. The molecule has 0 unspecified atom stereocenters. The zero-order chi connectivity index (χ0) is 14.4. The van der Waals surface area contributed by atoms with Gasteiger partial charge < -0.3 is 4.98 Å². The van der Waals surface area contributed by atoms with Crippen molar-refractivity contribution in [3.05, 3.63) is 74.6 Å². The summed E-state index contributed by atoms with van der Waals surface area (Å²) in [6, 6.07) is 16.0. The predicted molar refractivity (Wildman–Crippen MR) is 86.2 cm³/mol. The Balaban J connectivity index is 1.98. The Morgan fingerprint density at radius 3 is 2.62 bits per heavy atom. The van der Waals surface area contributed by atoms with Crippen LogP contribution in [0.25, 0.3) is 22.5 Å². The van der Waals surface area contributed by atoms with Crippen molar-refractivity contribution in [2.24, 2.45) is 0 Å². The van der Waals surface area contributed by atoms with E-state index in [4.69, 9.17) is 0 Å². The van der Waals surface area contributed by atoms with E-state index in [1.165, 1.54) is 5.56 Å². The highest BCUT2D eigenvalue weighted by Crippen LogP contribution is 2.38. The van der Waals surface area contributed by atoms with Gasteiger partial charge in [-0.25, -0.2) is 4.79 Å². The topological polar surface area (TPSA) is 45.8 Å². The average Bonchev–Trinajstić information content (AvgIpc) is 2.86. The molecule has 1 aromatic heterocycles. The molecule has 4 rings (SSSR count). The monoisotopic (exact) mass is 338 g/mol. The molecule has 3 nitrogen and oxygen atoms in total. The Morgan fingerprint density at radius 2 is 1.81 bits per heavy atom. The smallest absolute Gasteiger partial charge is 0.305 e. The van der Waals surface area contributed by atoms with Crippen LogP contribution in [-0.2, 0) is 6.42 Å². The van der Waals surface area contributed by atoms with E-state index in [0.29, 0.717) is 0 Å². The third-order valence-electron chi connectivity index (χ3n) is 3.80. The van der Waals surface area contributed by atoms with Crippen LogP contribution in [0.15, 0.2) is 57.8 Å². The first-order valence-corrected chi connectivity index (χ1v) is 7.49. The van der Waals surface area contributed by atoms with E-state index in [0.717, 1.165) is 39.0 Å². The molecule has 1 aliphatic carbocycles. The molecule has 21 heavy (non-hydrogen) atoms. The first kappa shape index (κ1) is 12.5. The number of nitrogens with one attached hydrogen (secondary N) is 1. The molecule has 3 aromatic rings. The number of benzene rings is 2. The molecule has 0 aliphatic heterocycles. The number of aromatic nitrogens is 2. The van der Waals surface area contributed by atoms with E-state index < -0.39 is 0 Å². The van der Waals surface area contributed by atoms with Crippen molar-refractivity contribution in [2.45, 2.75) is 6.42 Å². The lowest BCUT2D eigenvalue weighted by molar-refractivity contribution is 1.06. The second-order valence-electron chi connectivity index (χ2n) is 5.08. The summed E-state index contributed by atoms with van der Waals surface area (Å²) in [6.07, 6.45) is 0.806. The summed E-state index contributed by atoms with van der Waals surface area (Å²) in [5.41, 5.74) is 5.77. The lowest BCUT2D eigenvalue weighted by atomic mass is 10.0. The molecule has 1 aliphatic rings. The Bertz CT molecular complexity index is 897. The molecule has 2 aromatic carbocycles. The molecule has 0 saturated carbocycles. The van der Waals surface area contributed by atoms with Crippen LogP contribution in [0.2, 0.25) is 0 Å². The van der Waals surface area contributed by atoms with Crippen molar-refractivity contribution in [3.63, 3.8) is 0 Å². The van der Waals surface area contributed by atoms with Crippen LogP contribution in [-0.4, -0.2) is 9.97 Å². The molecule has 0 amide bonds. The molecule has 102 valence electrons. The van der Waals surface area contributed by atoms with Gasteiger partial charge >= 0.3 is 5.69 Å². The average molecular weight is 339 g/mol. The van der Waals surface area contributed by atoms with Crippen LogP contribution in [0.5, 0.6) is 0 Å². The third kappa shape index (κ3) is 2.03. The Kier molecular flexibility index (Phi) is 2.79. The summed E-state index contributed by atoms with van der Waals surface area (Å²) in [5, 5.41) is 0. The van der Waals surface area contributed by atoms with Crippen LogP contribution < -0.4 is 5.69 Å². The van der Waals surface area contributed by atoms with E-state index in [-0.39, 0.29) is 5.69 Å². The van der Waals surface area contributed by atoms with E-state index in [1.807, 2.05) is 42.5 Å². The van der Waals surface area contributed by atoms with Gasteiger partial charge in [0, 0.05) is 27.6 Å². The molecule has 1 N–H and O–H groups in total. The van der Waals surface area contributed by atoms with Gasteiger partial charge in [0.1, 0.15) is 0 Å². The zero-order valence-electron chi connectivity index (χ0n) is 11.1. The largest absolute Gasteiger partial charge is 0.345 e. The van der Waals surface area contributed by atoms with Crippen LogP contribution >= 0.6 is 15.9 Å². The van der Waals surface area contributed by atoms with Gasteiger partial charge in [-0.1, -0.05) is 52.3 Å². The van der Waals surface area contributed by atoms with Gasteiger partial charge in [0.15, 0.2) is 0 Å². The number of halogens is 1. The number of nitrogens with zero attached hydrogens (tertiary/aromatic N) is 1. The van der Waals surface area contributed by atoms with Gasteiger partial charge in [-0.2, -0.15) is 4.98 Å². The van der Waals surface area contributed by atoms with E-state index in [9.17, 15) is 4.79 Å². The summed E-state index contributed by atoms with van der Waals surface area (Å²) in [7, 11) is 0. The minimum Gasteiger partial charge on any atom is -0.305 e. The highest BCUT2D eigenvalue weighted by molar-refractivity contribution is 9.10. The van der Waals surface area contributed by atoms with Gasteiger partial charge in [-0.3, -0.25) is 0 Å². The lowest BCUT2D eigenvalue weighted by Crippen LogP contribution is -2.13. The molecule has 1 heterocycles. The molecule has 0 atom stereocenters. The van der Waals surface area contributed by atoms with Gasteiger partial charge in [0.05, 0.1) is 11.4 Å². The fraction of sp³-hybridized carbons (Fsp3) is 0.0588. The number of fused-ring (bicyclic) bond motifs is 3. The van der Waals surface area contributed by atoms with Crippen LogP contribution in [0.1, 0.15) is 11.1 Å². The normalized spacial score (nSPS) is 12.0. The highest BCUT2D eigenvalue weighted by Gasteiger charge is 2.23. The fourth-order valence-corrected chi connectivity index (χ4v) is 3.12. The molecule has 4 heteroatoms. The van der Waals surface area contributed by atoms with E-state index in [1.54, 1.807) is 0 Å². The van der Waals surface area contributed by atoms with Crippen LogP contribution in [0.3, 0.4) is 0 Å². The summed E-state index contributed by atoms with van der Waals surface area (Å²) in [5.74, 6) is 0. The van der Waals surface area contributed by atoms with Crippen molar-refractivity contribution in [1.82, 2.24) is 9.97 Å². The first-order valence-electron chi connectivity index (χ1n) is 6.70. The quantitative estimate of drug-likeness (QED) is 0.574. The van der Waals surface area contributed by atoms with Crippen molar-refractivity contribution < 1.29 is 0 Å². The standard InChI is InChI=1S/C17H11BrN2O/c18-12-7-5-10(6-8-12)15-14-9-11-3-1-2-4-13(11)16(14)20-17(21)19-15/h1-8H,9H2,(H,19,20,21). The molecule has 0 spiro atoms. The fourth-order valence-electron chi connectivity index (χ4n) is 2.86. The predicted octanol–water partition coefficient (Wildman–Crippen LogP) is 3.77. The lowest BCUT2D eigenvalue weighted by Gasteiger charge is -2.07. The maximum atomic E-state index is 11.9. The van der Waals surface area contributed by atoms with Crippen molar-refractivity contribution >= 4 is 15.9 Å². The summed E-state index contributed by atoms with van der Waals surface area (Å²) in [6.45, 7) is 0. The zero-order valence-corrected chi connectivity index (χ0v) is 12.6. The summed E-state index contributed by atoms with van der Waals surface area (Å²) >= 11 is 3.43. The number of hydrogen-bond donors (Lipinski definition) is 1. The Morgan fingerprint density at radius 1 is 1.05 bits per heavy atom. The third-order valence-corrected chi connectivity index (χ3v) is 4.33. The first-order chi connectivity index (χ1) is 10.2. The maximum Gasteiger partial charge on any atom is 0.345 e. The summed E-state index contributed by atoms with van der Waals surface area (Å²) < 4.78 is 1.01. The Hall–Kier alpha value is -2.20. The van der Waals surface area contributed by atoms with Crippen LogP contribution in [0.4, 0.5) is 0 Å². The minimum atomic E-state index is -0.302. The van der Waals surface area contributed by atoms with Crippen LogP contribution in [0, 0.1) is 0 Å². The molecule has 0 saturated heterocycles. The molecule has 0 fully saturated rings. The molecule has 0 bridgehead atoms. The SMILES string of the molecule is O=c1nc(-c2ccc(Br)cc2)c2c([nH]1)-c1ccccc1C2. The molecular formula is C17H11BrN2O. The second-order valence-corrected chi connectivity index (χ2v) is 6.00. The van der Waals surface area contributed by atoms with Gasteiger partial charge in [0.2, 0.25) is 0 Å². The highest BCUT2D eigenvalue weighted by atomic mass is 79.9. The molecular weight excluding hydrogens is 328 g/mol. The van der Waals surface area contributed by atoms with E-state index in [2.05, 4.69) is 32.0 Å².